The maximum atomic E-state index is 15.0. The fraction of sp³-hybridized carbons (Fsp3) is 0.103. The van der Waals surface area contributed by atoms with Crippen LogP contribution in [0.5, 0.6) is 0 Å². The van der Waals surface area contributed by atoms with Crippen LogP contribution in [0.4, 0.5) is 4.39 Å². The second kappa shape index (κ2) is 9.78. The van der Waals surface area contributed by atoms with E-state index in [1.807, 2.05) is 31.2 Å². The van der Waals surface area contributed by atoms with E-state index in [0.717, 1.165) is 27.7 Å². The summed E-state index contributed by atoms with van der Waals surface area (Å²) in [5.74, 6) is -0.686. The minimum Gasteiger partial charge on any atom is -0.345 e. The number of aromatic nitrogens is 6. The van der Waals surface area contributed by atoms with Gasteiger partial charge in [0.05, 0.1) is 35.2 Å². The van der Waals surface area contributed by atoms with E-state index in [0.29, 0.717) is 23.5 Å². The summed E-state index contributed by atoms with van der Waals surface area (Å²) in [6.07, 6.45) is 8.95. The maximum absolute atomic E-state index is 15.0. The number of carbonyl (C=O) groups is 1. The van der Waals surface area contributed by atoms with Crippen molar-refractivity contribution in [2.24, 2.45) is 0 Å². The molecule has 4 heterocycles. The molecule has 9 heteroatoms. The minimum atomic E-state index is -0.639. The van der Waals surface area contributed by atoms with Gasteiger partial charge >= 0.3 is 0 Å². The molecule has 6 rings (SSSR count). The molecule has 1 amide bonds. The third kappa shape index (κ3) is 4.57. The van der Waals surface area contributed by atoms with Gasteiger partial charge in [-0.2, -0.15) is 5.10 Å². The molecule has 0 bridgehead atoms. The number of hydrogen-bond donors (Lipinski definition) is 1. The van der Waals surface area contributed by atoms with E-state index in [1.54, 1.807) is 53.7 Å². The van der Waals surface area contributed by atoms with Crippen molar-refractivity contribution in [1.82, 2.24) is 34.9 Å². The summed E-state index contributed by atoms with van der Waals surface area (Å²) in [5, 5.41) is 8.55. The van der Waals surface area contributed by atoms with E-state index >= 15 is 4.39 Å². The second-order valence-electron chi connectivity index (χ2n) is 8.98. The predicted molar refractivity (Wildman–Crippen MR) is 141 cm³/mol. The molecular formula is C29H22FN7O. The lowest BCUT2D eigenvalue weighted by molar-refractivity contribution is 0.0936. The Morgan fingerprint density at radius 3 is 2.66 bits per heavy atom. The van der Waals surface area contributed by atoms with Gasteiger partial charge in [0, 0.05) is 36.0 Å². The average molecular weight is 504 g/mol. The van der Waals surface area contributed by atoms with Crippen LogP contribution in [0.2, 0.25) is 0 Å². The van der Waals surface area contributed by atoms with Crippen molar-refractivity contribution in [2.45, 2.75) is 19.4 Å². The third-order valence-electron chi connectivity index (χ3n) is 6.42. The smallest absolute Gasteiger partial charge is 0.254 e. The van der Waals surface area contributed by atoms with Crippen molar-refractivity contribution in [2.75, 3.05) is 0 Å². The van der Waals surface area contributed by atoms with Crippen LogP contribution in [0.1, 0.15) is 40.1 Å². The molecule has 0 saturated heterocycles. The third-order valence-corrected chi connectivity index (χ3v) is 6.42. The SMILES string of the molecule is CC(NC(=O)c1ccc(-c2cnc3ncc(Cc4ccc5ncccc5c4)n3n2)cc1F)c1ccncc1. The number of pyridine rings is 2. The lowest BCUT2D eigenvalue weighted by atomic mass is 10.1. The van der Waals surface area contributed by atoms with E-state index in [2.05, 4.69) is 36.4 Å². The molecule has 8 nitrogen and oxygen atoms in total. The summed E-state index contributed by atoms with van der Waals surface area (Å²) in [4.78, 5) is 29.8. The van der Waals surface area contributed by atoms with Gasteiger partial charge in [-0.1, -0.05) is 18.2 Å². The molecule has 0 saturated carbocycles. The Morgan fingerprint density at radius 1 is 0.974 bits per heavy atom. The van der Waals surface area contributed by atoms with Crippen LogP contribution in [0.25, 0.3) is 27.9 Å². The molecule has 4 aromatic heterocycles. The van der Waals surface area contributed by atoms with Crippen LogP contribution in [-0.4, -0.2) is 35.5 Å². The number of nitrogens with zero attached hydrogens (tertiary/aromatic N) is 6. The van der Waals surface area contributed by atoms with Gasteiger partial charge in [0.15, 0.2) is 0 Å². The van der Waals surface area contributed by atoms with Gasteiger partial charge in [-0.05, 0) is 60.5 Å². The van der Waals surface area contributed by atoms with Crippen LogP contribution in [-0.2, 0) is 6.42 Å². The number of imidazole rings is 1. The standard InChI is InChI=1S/C29H22FN7O/c1-18(20-8-11-31-12-9-20)35-28(38)24-6-5-22(15-25(24)30)27-17-34-29-33-16-23(37(29)36-27)14-19-4-7-26-21(13-19)3-2-10-32-26/h2-13,15-18H,14H2,1H3,(H,35,38). The molecule has 0 radical (unpaired) electrons. The van der Waals surface area contributed by atoms with Gasteiger partial charge in [0.25, 0.3) is 11.7 Å². The molecule has 0 aliphatic rings. The fourth-order valence-corrected chi connectivity index (χ4v) is 4.38. The normalized spacial score (nSPS) is 12.1. The van der Waals surface area contributed by atoms with Crippen molar-refractivity contribution in [3.8, 4) is 11.3 Å². The Kier molecular flexibility index (Phi) is 6.01. The Balaban J connectivity index is 1.25. The maximum Gasteiger partial charge on any atom is 0.254 e. The summed E-state index contributed by atoms with van der Waals surface area (Å²) in [7, 11) is 0. The first-order valence-corrected chi connectivity index (χ1v) is 12.1. The lowest BCUT2D eigenvalue weighted by Gasteiger charge is -2.14. The molecule has 38 heavy (non-hydrogen) atoms. The Labute approximate surface area is 217 Å². The summed E-state index contributed by atoms with van der Waals surface area (Å²) >= 11 is 0. The van der Waals surface area contributed by atoms with Crippen LogP contribution in [0.3, 0.4) is 0 Å². The summed E-state index contributed by atoms with van der Waals surface area (Å²) in [6, 6.07) is 17.8. The summed E-state index contributed by atoms with van der Waals surface area (Å²) in [5.41, 5.74) is 4.68. The van der Waals surface area contributed by atoms with E-state index in [9.17, 15) is 4.79 Å². The van der Waals surface area contributed by atoms with E-state index < -0.39 is 11.7 Å². The second-order valence-corrected chi connectivity index (χ2v) is 8.98. The molecule has 2 aromatic carbocycles. The molecular weight excluding hydrogens is 481 g/mol. The molecule has 0 fully saturated rings. The highest BCUT2D eigenvalue weighted by Gasteiger charge is 2.17. The molecule has 1 atom stereocenters. The highest BCUT2D eigenvalue weighted by Crippen LogP contribution is 2.22. The van der Waals surface area contributed by atoms with Crippen molar-refractivity contribution in [3.05, 3.63) is 120 Å². The minimum absolute atomic E-state index is 0.0437. The van der Waals surface area contributed by atoms with Gasteiger partial charge in [0.1, 0.15) is 11.5 Å². The zero-order valence-corrected chi connectivity index (χ0v) is 20.4. The number of rotatable bonds is 6. The van der Waals surface area contributed by atoms with Gasteiger partial charge in [-0.25, -0.2) is 18.9 Å². The Bertz CT molecular complexity index is 1790. The highest BCUT2D eigenvalue weighted by molar-refractivity contribution is 5.95. The number of carbonyl (C=O) groups excluding carboxylic acids is 1. The molecule has 186 valence electrons. The fourth-order valence-electron chi connectivity index (χ4n) is 4.38. The molecule has 6 aromatic rings. The van der Waals surface area contributed by atoms with Crippen molar-refractivity contribution >= 4 is 22.6 Å². The van der Waals surface area contributed by atoms with Crippen LogP contribution in [0, 0.1) is 5.82 Å². The molecule has 1 N–H and O–H groups in total. The molecule has 1 unspecified atom stereocenters. The first-order valence-electron chi connectivity index (χ1n) is 12.1. The Morgan fingerprint density at radius 2 is 1.82 bits per heavy atom. The monoisotopic (exact) mass is 503 g/mol. The van der Waals surface area contributed by atoms with E-state index in [1.165, 1.54) is 12.1 Å². The summed E-state index contributed by atoms with van der Waals surface area (Å²) in [6.45, 7) is 1.84. The van der Waals surface area contributed by atoms with E-state index in [4.69, 9.17) is 0 Å². The zero-order chi connectivity index (χ0) is 26.1. The molecule has 0 aliphatic heterocycles. The molecule has 0 spiro atoms. The van der Waals surface area contributed by atoms with Crippen molar-refractivity contribution < 1.29 is 9.18 Å². The number of halogens is 1. The lowest BCUT2D eigenvalue weighted by Crippen LogP contribution is -2.27. The number of amides is 1. The number of hydrogen-bond acceptors (Lipinski definition) is 6. The van der Waals surface area contributed by atoms with Gasteiger partial charge < -0.3 is 5.32 Å². The van der Waals surface area contributed by atoms with Crippen LogP contribution >= 0.6 is 0 Å². The predicted octanol–water partition coefficient (Wildman–Crippen LogP) is 4.96. The largest absolute Gasteiger partial charge is 0.345 e. The van der Waals surface area contributed by atoms with Crippen LogP contribution in [0.15, 0.2) is 91.6 Å². The van der Waals surface area contributed by atoms with Gasteiger partial charge in [0.2, 0.25) is 0 Å². The highest BCUT2D eigenvalue weighted by atomic mass is 19.1. The van der Waals surface area contributed by atoms with E-state index in [-0.39, 0.29) is 11.6 Å². The first kappa shape index (κ1) is 23.4. The Hall–Kier alpha value is -5.05. The zero-order valence-electron chi connectivity index (χ0n) is 20.4. The van der Waals surface area contributed by atoms with Gasteiger partial charge in [-0.15, -0.1) is 0 Å². The first-order chi connectivity index (χ1) is 18.5. The molecule has 0 aliphatic carbocycles. The van der Waals surface area contributed by atoms with Crippen LogP contribution < -0.4 is 5.32 Å². The number of benzene rings is 2. The quantitative estimate of drug-likeness (QED) is 0.345. The van der Waals surface area contributed by atoms with Gasteiger partial charge in [-0.3, -0.25) is 14.8 Å². The number of nitrogens with one attached hydrogen (secondary N) is 1. The average Bonchev–Trinajstić information content (AvgIpc) is 3.35. The topological polar surface area (TPSA) is 98.0 Å². The summed E-state index contributed by atoms with van der Waals surface area (Å²) < 4.78 is 16.7. The van der Waals surface area contributed by atoms with Crippen molar-refractivity contribution in [3.63, 3.8) is 0 Å². The van der Waals surface area contributed by atoms with Crippen molar-refractivity contribution in [1.29, 1.82) is 0 Å². The number of fused-ring (bicyclic) bond motifs is 2.